The van der Waals surface area contributed by atoms with Gasteiger partial charge in [0.25, 0.3) is 0 Å². The number of nitrogens with one attached hydrogen (secondary N) is 1. The van der Waals surface area contributed by atoms with Gasteiger partial charge in [-0.3, -0.25) is 14.6 Å². The zero-order chi connectivity index (χ0) is 13.0. The van der Waals surface area contributed by atoms with Gasteiger partial charge in [0.2, 0.25) is 11.8 Å². The quantitative estimate of drug-likeness (QED) is 0.852. The molecule has 1 fully saturated rings. The van der Waals surface area contributed by atoms with Gasteiger partial charge in [-0.15, -0.1) is 0 Å². The Hall–Kier alpha value is -1.91. The minimum atomic E-state index is -0.343. The van der Waals surface area contributed by atoms with Crippen LogP contribution in [0.2, 0.25) is 0 Å². The standard InChI is InChI=1S/C13H17N3O2/c1-2-3-11-13(18)15-8-12(17)16(11)9-10-4-6-14-7-5-10/h4-7,11H,2-3,8-9H2,1H3,(H,15,18). The third kappa shape index (κ3) is 2.67. The topological polar surface area (TPSA) is 62.3 Å². The van der Waals surface area contributed by atoms with Crippen LogP contribution in [-0.4, -0.2) is 34.3 Å². The van der Waals surface area contributed by atoms with E-state index in [1.165, 1.54) is 0 Å². The van der Waals surface area contributed by atoms with E-state index in [1.54, 1.807) is 17.3 Å². The smallest absolute Gasteiger partial charge is 0.243 e. The molecule has 0 radical (unpaired) electrons. The van der Waals surface area contributed by atoms with Gasteiger partial charge in [0.1, 0.15) is 6.04 Å². The van der Waals surface area contributed by atoms with Crippen LogP contribution in [0.15, 0.2) is 24.5 Å². The Labute approximate surface area is 106 Å². The van der Waals surface area contributed by atoms with Crippen LogP contribution >= 0.6 is 0 Å². The summed E-state index contributed by atoms with van der Waals surface area (Å²) in [7, 11) is 0. The normalized spacial score (nSPS) is 19.8. The molecule has 2 rings (SSSR count). The predicted octanol–water partition coefficient (Wildman–Crippen LogP) is 0.709. The summed E-state index contributed by atoms with van der Waals surface area (Å²) in [6, 6.07) is 3.38. The van der Waals surface area contributed by atoms with E-state index in [-0.39, 0.29) is 24.4 Å². The molecule has 0 saturated carbocycles. The summed E-state index contributed by atoms with van der Waals surface area (Å²) >= 11 is 0. The van der Waals surface area contributed by atoms with Crippen molar-refractivity contribution in [2.45, 2.75) is 32.4 Å². The second kappa shape index (κ2) is 5.62. The number of piperazine rings is 1. The number of aromatic nitrogens is 1. The molecule has 1 saturated heterocycles. The van der Waals surface area contributed by atoms with Gasteiger partial charge in [-0.05, 0) is 24.1 Å². The highest BCUT2D eigenvalue weighted by Gasteiger charge is 2.33. The summed E-state index contributed by atoms with van der Waals surface area (Å²) in [4.78, 5) is 29.3. The SMILES string of the molecule is CCCC1C(=O)NCC(=O)N1Cc1ccncc1. The van der Waals surface area contributed by atoms with Crippen LogP contribution in [0.1, 0.15) is 25.3 Å². The van der Waals surface area contributed by atoms with Crippen molar-refractivity contribution in [3.8, 4) is 0 Å². The van der Waals surface area contributed by atoms with Gasteiger partial charge >= 0.3 is 0 Å². The maximum absolute atomic E-state index is 11.9. The second-order valence-corrected chi connectivity index (χ2v) is 4.40. The molecule has 96 valence electrons. The van der Waals surface area contributed by atoms with E-state index in [9.17, 15) is 9.59 Å². The number of pyridine rings is 1. The van der Waals surface area contributed by atoms with Crippen LogP contribution in [0.3, 0.4) is 0 Å². The first-order valence-electron chi connectivity index (χ1n) is 6.18. The number of amides is 2. The highest BCUT2D eigenvalue weighted by Crippen LogP contribution is 2.15. The Balaban J connectivity index is 2.15. The van der Waals surface area contributed by atoms with E-state index >= 15 is 0 Å². The zero-order valence-electron chi connectivity index (χ0n) is 10.4. The molecule has 0 bridgehead atoms. The molecule has 2 heterocycles. The molecule has 0 spiro atoms. The van der Waals surface area contributed by atoms with Crippen molar-refractivity contribution in [3.05, 3.63) is 30.1 Å². The molecule has 1 aliphatic heterocycles. The Morgan fingerprint density at radius 3 is 2.78 bits per heavy atom. The Kier molecular flexibility index (Phi) is 3.92. The average molecular weight is 247 g/mol. The van der Waals surface area contributed by atoms with Crippen LogP contribution in [0, 0.1) is 0 Å². The molecule has 2 amide bonds. The molecule has 1 aliphatic rings. The van der Waals surface area contributed by atoms with Gasteiger partial charge in [-0.25, -0.2) is 0 Å². The fraction of sp³-hybridized carbons (Fsp3) is 0.462. The minimum absolute atomic E-state index is 0.0233. The van der Waals surface area contributed by atoms with Gasteiger partial charge in [-0.1, -0.05) is 13.3 Å². The van der Waals surface area contributed by atoms with Crippen LogP contribution < -0.4 is 5.32 Å². The van der Waals surface area contributed by atoms with Crippen molar-refractivity contribution in [3.63, 3.8) is 0 Å². The average Bonchev–Trinajstić information content (AvgIpc) is 2.39. The number of rotatable bonds is 4. The number of hydrogen-bond acceptors (Lipinski definition) is 3. The molecular weight excluding hydrogens is 230 g/mol. The molecule has 18 heavy (non-hydrogen) atoms. The van der Waals surface area contributed by atoms with Crippen LogP contribution in [0.4, 0.5) is 0 Å². The molecule has 1 N–H and O–H groups in total. The number of hydrogen-bond donors (Lipinski definition) is 1. The van der Waals surface area contributed by atoms with Crippen LogP contribution in [0.25, 0.3) is 0 Å². The monoisotopic (exact) mass is 247 g/mol. The Morgan fingerprint density at radius 1 is 1.39 bits per heavy atom. The lowest BCUT2D eigenvalue weighted by atomic mass is 10.1. The first-order valence-corrected chi connectivity index (χ1v) is 6.18. The molecule has 1 aromatic rings. The molecule has 0 aliphatic carbocycles. The van der Waals surface area contributed by atoms with E-state index in [1.807, 2.05) is 19.1 Å². The molecule has 0 aromatic carbocycles. The van der Waals surface area contributed by atoms with Crippen LogP contribution in [0.5, 0.6) is 0 Å². The number of nitrogens with zero attached hydrogens (tertiary/aromatic N) is 2. The van der Waals surface area contributed by atoms with Gasteiger partial charge in [-0.2, -0.15) is 0 Å². The minimum Gasteiger partial charge on any atom is -0.345 e. The van der Waals surface area contributed by atoms with Gasteiger partial charge < -0.3 is 10.2 Å². The summed E-state index contributed by atoms with van der Waals surface area (Å²) in [5.41, 5.74) is 0.995. The van der Waals surface area contributed by atoms with Gasteiger partial charge in [0, 0.05) is 18.9 Å². The Bertz CT molecular complexity index is 433. The first-order chi connectivity index (χ1) is 8.72. The fourth-order valence-corrected chi connectivity index (χ4v) is 2.14. The second-order valence-electron chi connectivity index (χ2n) is 4.40. The first kappa shape index (κ1) is 12.5. The zero-order valence-corrected chi connectivity index (χ0v) is 10.4. The van der Waals surface area contributed by atoms with Crippen molar-refractivity contribution in [1.82, 2.24) is 15.2 Å². The van der Waals surface area contributed by atoms with Crippen LogP contribution in [-0.2, 0) is 16.1 Å². The molecule has 1 unspecified atom stereocenters. The number of carbonyl (C=O) groups excluding carboxylic acids is 2. The van der Waals surface area contributed by atoms with Crippen molar-refractivity contribution in [1.29, 1.82) is 0 Å². The van der Waals surface area contributed by atoms with E-state index in [0.29, 0.717) is 13.0 Å². The van der Waals surface area contributed by atoms with Crippen molar-refractivity contribution < 1.29 is 9.59 Å². The van der Waals surface area contributed by atoms with E-state index < -0.39 is 0 Å². The van der Waals surface area contributed by atoms with Gasteiger partial charge in [0.05, 0.1) is 6.54 Å². The molecule has 5 nitrogen and oxygen atoms in total. The summed E-state index contributed by atoms with van der Waals surface area (Å²) < 4.78 is 0. The van der Waals surface area contributed by atoms with Crippen molar-refractivity contribution in [2.75, 3.05) is 6.54 Å². The van der Waals surface area contributed by atoms with E-state index in [4.69, 9.17) is 0 Å². The maximum Gasteiger partial charge on any atom is 0.243 e. The maximum atomic E-state index is 11.9. The number of carbonyl (C=O) groups is 2. The lowest BCUT2D eigenvalue weighted by Gasteiger charge is -2.34. The van der Waals surface area contributed by atoms with Crippen molar-refractivity contribution >= 4 is 11.8 Å². The summed E-state index contributed by atoms with van der Waals surface area (Å²) in [6.45, 7) is 2.58. The molecular formula is C13H17N3O2. The molecule has 1 atom stereocenters. The molecule has 1 aromatic heterocycles. The predicted molar refractivity (Wildman–Crippen MR) is 66.5 cm³/mol. The lowest BCUT2D eigenvalue weighted by Crippen LogP contribution is -2.57. The highest BCUT2D eigenvalue weighted by molar-refractivity contribution is 5.94. The summed E-state index contributed by atoms with van der Waals surface area (Å²) in [6.07, 6.45) is 4.96. The summed E-state index contributed by atoms with van der Waals surface area (Å²) in [5.74, 6) is -0.0737. The third-order valence-corrected chi connectivity index (χ3v) is 3.08. The lowest BCUT2D eigenvalue weighted by molar-refractivity contribution is -0.146. The largest absolute Gasteiger partial charge is 0.345 e. The van der Waals surface area contributed by atoms with Gasteiger partial charge in [0.15, 0.2) is 0 Å². The van der Waals surface area contributed by atoms with E-state index in [2.05, 4.69) is 10.3 Å². The highest BCUT2D eigenvalue weighted by atomic mass is 16.2. The Morgan fingerprint density at radius 2 is 2.11 bits per heavy atom. The van der Waals surface area contributed by atoms with Crippen molar-refractivity contribution in [2.24, 2.45) is 0 Å². The molecule has 5 heteroatoms. The third-order valence-electron chi connectivity index (χ3n) is 3.08. The summed E-state index contributed by atoms with van der Waals surface area (Å²) in [5, 5.41) is 2.64. The van der Waals surface area contributed by atoms with E-state index in [0.717, 1.165) is 12.0 Å². The fourth-order valence-electron chi connectivity index (χ4n) is 2.14.